The van der Waals surface area contributed by atoms with Crippen LogP contribution in [-0.4, -0.2) is 36.9 Å². The number of carbonyl (C=O) groups is 2. The van der Waals surface area contributed by atoms with Crippen LogP contribution >= 0.6 is 0 Å². The molecule has 0 saturated heterocycles. The molecule has 0 saturated carbocycles. The summed E-state index contributed by atoms with van der Waals surface area (Å²) in [4.78, 5) is 26.7. The largest absolute Gasteiger partial charge is 0.467 e. The first-order chi connectivity index (χ1) is 12.5. The number of nitrogens with one attached hydrogen (secondary N) is 2. The lowest BCUT2D eigenvalue weighted by molar-refractivity contribution is -0.117. The van der Waals surface area contributed by atoms with Gasteiger partial charge in [0.25, 0.3) is 5.91 Å². The van der Waals surface area contributed by atoms with Crippen molar-refractivity contribution in [3.63, 3.8) is 0 Å². The molecular formula is C20H27N3O3. The van der Waals surface area contributed by atoms with E-state index >= 15 is 0 Å². The molecule has 1 aromatic heterocycles. The van der Waals surface area contributed by atoms with Crippen LogP contribution in [0.3, 0.4) is 0 Å². The fourth-order valence-electron chi connectivity index (χ4n) is 2.46. The topological polar surface area (TPSA) is 74.6 Å². The predicted molar refractivity (Wildman–Crippen MR) is 102 cm³/mol. The number of carbonyl (C=O) groups excluding carboxylic acids is 2. The fourth-order valence-corrected chi connectivity index (χ4v) is 2.46. The summed E-state index contributed by atoms with van der Waals surface area (Å²) >= 11 is 0. The minimum atomic E-state index is -0.259. The summed E-state index contributed by atoms with van der Waals surface area (Å²) in [7, 11) is 1.92. The molecule has 0 atom stereocenters. The Morgan fingerprint density at radius 3 is 2.62 bits per heavy atom. The van der Waals surface area contributed by atoms with Gasteiger partial charge < -0.3 is 15.1 Å². The number of anilines is 1. The first-order valence-electron chi connectivity index (χ1n) is 8.83. The molecule has 1 aromatic carbocycles. The van der Waals surface area contributed by atoms with Crippen LogP contribution in [0.1, 0.15) is 36.4 Å². The lowest BCUT2D eigenvalue weighted by Gasteiger charge is -2.18. The highest BCUT2D eigenvalue weighted by Crippen LogP contribution is 2.15. The van der Waals surface area contributed by atoms with E-state index < -0.39 is 0 Å². The Bertz CT molecular complexity index is 711. The summed E-state index contributed by atoms with van der Waals surface area (Å²) in [5.74, 6) is 0.874. The minimum Gasteiger partial charge on any atom is -0.467 e. The zero-order valence-corrected chi connectivity index (χ0v) is 15.6. The average molecular weight is 357 g/mol. The second-order valence-electron chi connectivity index (χ2n) is 6.78. The van der Waals surface area contributed by atoms with Gasteiger partial charge in [-0.25, -0.2) is 0 Å². The third-order valence-corrected chi connectivity index (χ3v) is 3.95. The molecule has 140 valence electrons. The number of para-hydroxylation sites is 1. The molecule has 6 nitrogen and oxygen atoms in total. The average Bonchev–Trinajstić information content (AvgIpc) is 3.12. The fraction of sp³-hybridized carbons (Fsp3) is 0.400. The quantitative estimate of drug-likeness (QED) is 0.723. The van der Waals surface area contributed by atoms with Crippen LogP contribution in [-0.2, 0) is 11.3 Å². The SMILES string of the molecule is CC(C)CCN(C)CC(=O)Nc1ccccc1C(=O)NCc1ccco1. The number of benzene rings is 1. The van der Waals surface area contributed by atoms with Gasteiger partial charge in [0.15, 0.2) is 0 Å². The molecular weight excluding hydrogens is 330 g/mol. The van der Waals surface area contributed by atoms with Crippen LogP contribution in [0.15, 0.2) is 47.1 Å². The summed E-state index contributed by atoms with van der Waals surface area (Å²) in [6.07, 6.45) is 2.60. The van der Waals surface area contributed by atoms with Gasteiger partial charge in [-0.05, 0) is 50.2 Å². The lowest BCUT2D eigenvalue weighted by atomic mass is 10.1. The Kier molecular flexibility index (Phi) is 7.41. The summed E-state index contributed by atoms with van der Waals surface area (Å²) in [5.41, 5.74) is 0.934. The van der Waals surface area contributed by atoms with Crippen molar-refractivity contribution in [3.05, 3.63) is 54.0 Å². The maximum atomic E-state index is 12.4. The second-order valence-corrected chi connectivity index (χ2v) is 6.78. The number of amides is 2. The van der Waals surface area contributed by atoms with Crippen LogP contribution in [0.5, 0.6) is 0 Å². The molecule has 2 aromatic rings. The third kappa shape index (κ3) is 6.37. The molecule has 0 unspecified atom stereocenters. The zero-order valence-electron chi connectivity index (χ0n) is 15.6. The van der Waals surface area contributed by atoms with Crippen LogP contribution in [0.2, 0.25) is 0 Å². The molecule has 0 fully saturated rings. The summed E-state index contributed by atoms with van der Waals surface area (Å²) in [6, 6.07) is 10.5. The van der Waals surface area contributed by atoms with Gasteiger partial charge in [0, 0.05) is 0 Å². The van der Waals surface area contributed by atoms with Crippen molar-refractivity contribution < 1.29 is 14.0 Å². The number of rotatable bonds is 9. The summed E-state index contributed by atoms with van der Waals surface area (Å²) < 4.78 is 5.21. The van der Waals surface area contributed by atoms with Crippen molar-refractivity contribution in [3.8, 4) is 0 Å². The van der Waals surface area contributed by atoms with E-state index in [-0.39, 0.29) is 18.4 Å². The van der Waals surface area contributed by atoms with Gasteiger partial charge in [-0.2, -0.15) is 0 Å². The molecule has 2 N–H and O–H groups in total. The van der Waals surface area contributed by atoms with Crippen LogP contribution in [0.4, 0.5) is 5.69 Å². The monoisotopic (exact) mass is 357 g/mol. The van der Waals surface area contributed by atoms with Crippen molar-refractivity contribution in [2.45, 2.75) is 26.8 Å². The standard InChI is InChI=1S/C20H27N3O3/c1-15(2)10-11-23(3)14-19(24)22-18-9-5-4-8-17(18)20(25)21-13-16-7-6-12-26-16/h4-9,12,15H,10-11,13-14H2,1-3H3,(H,21,25)(H,22,24). The van der Waals surface area contributed by atoms with E-state index in [0.29, 0.717) is 29.5 Å². The Morgan fingerprint density at radius 1 is 1.15 bits per heavy atom. The van der Waals surface area contributed by atoms with Crippen LogP contribution < -0.4 is 10.6 Å². The van der Waals surface area contributed by atoms with E-state index in [0.717, 1.165) is 13.0 Å². The highest BCUT2D eigenvalue weighted by Gasteiger charge is 2.14. The van der Waals surface area contributed by atoms with Gasteiger partial charge in [0.2, 0.25) is 5.91 Å². The number of furan rings is 1. The second kappa shape index (κ2) is 9.77. The molecule has 6 heteroatoms. The van der Waals surface area contributed by atoms with Crippen molar-refractivity contribution in [1.82, 2.24) is 10.2 Å². The van der Waals surface area contributed by atoms with Crippen molar-refractivity contribution >= 4 is 17.5 Å². The van der Waals surface area contributed by atoms with E-state index in [1.807, 2.05) is 11.9 Å². The maximum Gasteiger partial charge on any atom is 0.253 e. The smallest absolute Gasteiger partial charge is 0.253 e. The van der Waals surface area contributed by atoms with Crippen LogP contribution in [0, 0.1) is 5.92 Å². The van der Waals surface area contributed by atoms with E-state index in [4.69, 9.17) is 4.42 Å². The highest BCUT2D eigenvalue weighted by atomic mass is 16.3. The van der Waals surface area contributed by atoms with Crippen molar-refractivity contribution in [2.24, 2.45) is 5.92 Å². The van der Waals surface area contributed by atoms with E-state index in [1.165, 1.54) is 0 Å². The van der Waals surface area contributed by atoms with Crippen molar-refractivity contribution in [1.29, 1.82) is 0 Å². The van der Waals surface area contributed by atoms with Crippen LogP contribution in [0.25, 0.3) is 0 Å². The molecule has 0 radical (unpaired) electrons. The minimum absolute atomic E-state index is 0.137. The third-order valence-electron chi connectivity index (χ3n) is 3.95. The van der Waals surface area contributed by atoms with Gasteiger partial charge in [-0.1, -0.05) is 26.0 Å². The lowest BCUT2D eigenvalue weighted by Crippen LogP contribution is -2.32. The first-order valence-corrected chi connectivity index (χ1v) is 8.83. The molecule has 0 aliphatic carbocycles. The first kappa shape index (κ1) is 19.7. The number of nitrogens with zero attached hydrogens (tertiary/aromatic N) is 1. The van der Waals surface area contributed by atoms with E-state index in [2.05, 4.69) is 24.5 Å². The molecule has 1 heterocycles. The number of likely N-dealkylation sites (N-methyl/N-ethyl adjacent to an activating group) is 1. The summed E-state index contributed by atoms with van der Waals surface area (Å²) in [5, 5.41) is 5.63. The predicted octanol–water partition coefficient (Wildman–Crippen LogP) is 3.13. The molecule has 0 aliphatic heterocycles. The number of hydrogen-bond donors (Lipinski definition) is 2. The molecule has 2 amide bonds. The Hall–Kier alpha value is -2.60. The van der Waals surface area contributed by atoms with Crippen molar-refractivity contribution in [2.75, 3.05) is 25.5 Å². The molecule has 0 bridgehead atoms. The zero-order chi connectivity index (χ0) is 18.9. The number of hydrogen-bond acceptors (Lipinski definition) is 4. The highest BCUT2D eigenvalue weighted by molar-refractivity contribution is 6.04. The Morgan fingerprint density at radius 2 is 1.92 bits per heavy atom. The molecule has 0 aliphatic rings. The Labute approximate surface area is 154 Å². The van der Waals surface area contributed by atoms with E-state index in [9.17, 15) is 9.59 Å². The molecule has 2 rings (SSSR count). The van der Waals surface area contributed by atoms with Gasteiger partial charge in [0.1, 0.15) is 5.76 Å². The normalized spacial score (nSPS) is 11.0. The van der Waals surface area contributed by atoms with E-state index in [1.54, 1.807) is 42.7 Å². The molecule has 0 spiro atoms. The van der Waals surface area contributed by atoms with Gasteiger partial charge >= 0.3 is 0 Å². The maximum absolute atomic E-state index is 12.4. The van der Waals surface area contributed by atoms with Gasteiger partial charge in [-0.3, -0.25) is 14.5 Å². The van der Waals surface area contributed by atoms with Gasteiger partial charge in [0.05, 0.1) is 30.6 Å². The summed E-state index contributed by atoms with van der Waals surface area (Å²) in [6.45, 7) is 5.76. The van der Waals surface area contributed by atoms with Gasteiger partial charge in [-0.15, -0.1) is 0 Å². The molecule has 26 heavy (non-hydrogen) atoms. The Balaban J connectivity index is 1.92.